The number of aldehydes is 1. The Morgan fingerprint density at radius 2 is 1.82 bits per heavy atom. The predicted octanol–water partition coefficient (Wildman–Crippen LogP) is 2.35. The van der Waals surface area contributed by atoms with Crippen LogP contribution in [0.15, 0.2) is 16.5 Å². The predicted molar refractivity (Wildman–Crippen MR) is 77.5 cm³/mol. The van der Waals surface area contributed by atoms with E-state index in [-0.39, 0.29) is 11.5 Å². The minimum atomic E-state index is -1.41. The van der Waals surface area contributed by atoms with Gasteiger partial charge in [-0.05, 0) is 39.8 Å². The Labute approximate surface area is 129 Å². The number of furan rings is 1. The third kappa shape index (κ3) is 3.66. The number of methoxy groups -OCH3 is 1. The van der Waals surface area contributed by atoms with Crippen LogP contribution < -0.4 is 0 Å². The second-order valence-electron chi connectivity index (χ2n) is 5.96. The van der Waals surface area contributed by atoms with Crippen LogP contribution in [0.4, 0.5) is 4.79 Å². The van der Waals surface area contributed by atoms with E-state index in [1.807, 2.05) is 0 Å². The van der Waals surface area contributed by atoms with E-state index in [2.05, 4.69) is 4.74 Å². The number of amides is 1. The molecule has 0 aromatic carbocycles. The number of esters is 1. The molecule has 1 heterocycles. The average molecular weight is 311 g/mol. The SMILES string of the molecule is COC(=O)c1ccc(C(C)(C=O)N(C)C(=O)OC(C)(C)C)o1. The van der Waals surface area contributed by atoms with Crippen molar-refractivity contribution in [3.8, 4) is 0 Å². The standard InChI is InChI=1S/C15H21NO6/c1-14(2,3)22-13(19)16(5)15(4,9-17)11-8-7-10(21-11)12(18)20-6/h7-9H,1-6H3. The summed E-state index contributed by atoms with van der Waals surface area (Å²) in [6.45, 7) is 6.65. The monoisotopic (exact) mass is 311 g/mol. The summed E-state index contributed by atoms with van der Waals surface area (Å²) >= 11 is 0. The van der Waals surface area contributed by atoms with Crippen LogP contribution in [0.1, 0.15) is 44.0 Å². The first-order chi connectivity index (χ1) is 10.0. The molecule has 1 unspecified atom stereocenters. The Hall–Kier alpha value is -2.31. The van der Waals surface area contributed by atoms with E-state index in [9.17, 15) is 14.4 Å². The van der Waals surface area contributed by atoms with E-state index in [0.29, 0.717) is 6.29 Å². The largest absolute Gasteiger partial charge is 0.463 e. The summed E-state index contributed by atoms with van der Waals surface area (Å²) in [5.41, 5.74) is -2.11. The smallest absolute Gasteiger partial charge is 0.411 e. The highest BCUT2D eigenvalue weighted by molar-refractivity contribution is 5.86. The fourth-order valence-electron chi connectivity index (χ4n) is 1.64. The molecule has 0 aliphatic carbocycles. The van der Waals surface area contributed by atoms with Crippen LogP contribution in [0.5, 0.6) is 0 Å². The van der Waals surface area contributed by atoms with Crippen molar-refractivity contribution in [2.75, 3.05) is 14.2 Å². The Kier molecular flexibility index (Phi) is 5.01. The molecule has 1 aromatic heterocycles. The van der Waals surface area contributed by atoms with Gasteiger partial charge in [-0.25, -0.2) is 9.59 Å². The Morgan fingerprint density at radius 1 is 1.23 bits per heavy atom. The van der Waals surface area contributed by atoms with Gasteiger partial charge >= 0.3 is 12.1 Å². The van der Waals surface area contributed by atoms with Gasteiger partial charge in [0.05, 0.1) is 7.11 Å². The van der Waals surface area contributed by atoms with Crippen LogP contribution in [0.2, 0.25) is 0 Å². The summed E-state index contributed by atoms with van der Waals surface area (Å²) in [5.74, 6) is -0.584. The van der Waals surface area contributed by atoms with Gasteiger partial charge in [0.15, 0.2) is 11.8 Å². The number of nitrogens with zero attached hydrogens (tertiary/aromatic N) is 1. The molecule has 22 heavy (non-hydrogen) atoms. The van der Waals surface area contributed by atoms with E-state index in [1.54, 1.807) is 20.8 Å². The first-order valence-corrected chi connectivity index (χ1v) is 6.67. The number of hydrogen-bond acceptors (Lipinski definition) is 6. The van der Waals surface area contributed by atoms with Crippen LogP contribution in [0.25, 0.3) is 0 Å². The van der Waals surface area contributed by atoms with Crippen LogP contribution >= 0.6 is 0 Å². The van der Waals surface area contributed by atoms with Gasteiger partial charge < -0.3 is 18.7 Å². The van der Waals surface area contributed by atoms with Crippen LogP contribution in [0.3, 0.4) is 0 Å². The summed E-state index contributed by atoms with van der Waals surface area (Å²) in [7, 11) is 2.64. The first-order valence-electron chi connectivity index (χ1n) is 6.67. The quantitative estimate of drug-likeness (QED) is 0.626. The minimum absolute atomic E-state index is 0.0526. The summed E-state index contributed by atoms with van der Waals surface area (Å²) < 4.78 is 15.1. The molecule has 0 fully saturated rings. The number of rotatable bonds is 4. The summed E-state index contributed by atoms with van der Waals surface area (Å²) in [6.07, 6.45) is -0.130. The molecule has 122 valence electrons. The fraction of sp³-hybridized carbons (Fsp3) is 0.533. The van der Waals surface area contributed by atoms with Gasteiger partial charge in [-0.1, -0.05) is 0 Å². The summed E-state index contributed by atoms with van der Waals surface area (Å²) in [4.78, 5) is 36.2. The second-order valence-corrected chi connectivity index (χ2v) is 5.96. The van der Waals surface area contributed by atoms with Crippen molar-refractivity contribution in [2.24, 2.45) is 0 Å². The van der Waals surface area contributed by atoms with Gasteiger partial charge in [-0.2, -0.15) is 0 Å². The number of carbonyl (C=O) groups is 3. The maximum Gasteiger partial charge on any atom is 0.411 e. The number of likely N-dealkylation sites (N-methyl/N-ethyl adjacent to an activating group) is 1. The lowest BCUT2D eigenvalue weighted by atomic mass is 9.99. The van der Waals surface area contributed by atoms with Crippen molar-refractivity contribution in [1.82, 2.24) is 4.90 Å². The molecule has 1 atom stereocenters. The Morgan fingerprint density at radius 3 is 2.27 bits per heavy atom. The van der Waals surface area contributed by atoms with Crippen molar-refractivity contribution in [3.05, 3.63) is 23.7 Å². The molecule has 0 radical (unpaired) electrons. The van der Waals surface area contributed by atoms with Crippen molar-refractivity contribution >= 4 is 18.3 Å². The molecular formula is C15H21NO6. The molecular weight excluding hydrogens is 290 g/mol. The first kappa shape index (κ1) is 17.7. The van der Waals surface area contributed by atoms with Gasteiger partial charge in [-0.15, -0.1) is 0 Å². The van der Waals surface area contributed by atoms with Gasteiger partial charge in [0.25, 0.3) is 0 Å². The molecule has 1 aromatic rings. The number of ether oxygens (including phenoxy) is 2. The molecule has 0 aliphatic heterocycles. The molecule has 0 saturated heterocycles. The van der Waals surface area contributed by atoms with Crippen LogP contribution in [0, 0.1) is 0 Å². The van der Waals surface area contributed by atoms with Gasteiger partial charge in [0, 0.05) is 7.05 Å². The molecule has 0 N–H and O–H groups in total. The number of carbonyl (C=O) groups excluding carboxylic acids is 3. The van der Waals surface area contributed by atoms with Crippen molar-refractivity contribution in [1.29, 1.82) is 0 Å². The van der Waals surface area contributed by atoms with Crippen molar-refractivity contribution in [2.45, 2.75) is 38.8 Å². The molecule has 7 nitrogen and oxygen atoms in total. The highest BCUT2D eigenvalue weighted by atomic mass is 16.6. The fourth-order valence-corrected chi connectivity index (χ4v) is 1.64. The van der Waals surface area contributed by atoms with Crippen LogP contribution in [-0.4, -0.2) is 43.0 Å². The zero-order valence-electron chi connectivity index (χ0n) is 13.6. The van der Waals surface area contributed by atoms with E-state index < -0.39 is 23.2 Å². The van der Waals surface area contributed by atoms with Crippen molar-refractivity contribution < 1.29 is 28.3 Å². The lowest BCUT2D eigenvalue weighted by Crippen LogP contribution is -2.48. The Bertz CT molecular complexity index is 571. The normalized spacial score (nSPS) is 13.9. The molecule has 1 amide bonds. The second kappa shape index (κ2) is 6.21. The van der Waals surface area contributed by atoms with Gasteiger partial charge in [0.1, 0.15) is 11.4 Å². The molecule has 0 saturated carbocycles. The van der Waals surface area contributed by atoms with E-state index in [0.717, 1.165) is 4.90 Å². The number of hydrogen-bond donors (Lipinski definition) is 0. The maximum absolute atomic E-state index is 12.1. The molecule has 0 aliphatic rings. The average Bonchev–Trinajstić information content (AvgIpc) is 2.93. The molecule has 0 spiro atoms. The maximum atomic E-state index is 12.1. The van der Waals surface area contributed by atoms with E-state index >= 15 is 0 Å². The lowest BCUT2D eigenvalue weighted by molar-refractivity contribution is -0.118. The van der Waals surface area contributed by atoms with E-state index in [4.69, 9.17) is 9.15 Å². The van der Waals surface area contributed by atoms with Gasteiger partial charge in [0.2, 0.25) is 5.76 Å². The molecule has 0 bridgehead atoms. The Balaban J connectivity index is 3.10. The van der Waals surface area contributed by atoms with E-state index in [1.165, 1.54) is 33.2 Å². The van der Waals surface area contributed by atoms with Gasteiger partial charge in [-0.3, -0.25) is 4.90 Å². The highest BCUT2D eigenvalue weighted by Crippen LogP contribution is 2.28. The topological polar surface area (TPSA) is 86.1 Å². The van der Waals surface area contributed by atoms with Crippen LogP contribution in [-0.2, 0) is 19.8 Å². The third-order valence-corrected chi connectivity index (χ3v) is 3.09. The zero-order valence-corrected chi connectivity index (χ0v) is 13.6. The zero-order chi connectivity index (χ0) is 17.1. The molecule has 1 rings (SSSR count). The molecule has 7 heteroatoms. The third-order valence-electron chi connectivity index (χ3n) is 3.09. The summed E-state index contributed by atoms with van der Waals surface area (Å²) in [6, 6.07) is 2.83. The lowest BCUT2D eigenvalue weighted by Gasteiger charge is -2.33. The minimum Gasteiger partial charge on any atom is -0.463 e. The highest BCUT2D eigenvalue weighted by Gasteiger charge is 2.40. The van der Waals surface area contributed by atoms with Crippen molar-refractivity contribution in [3.63, 3.8) is 0 Å². The summed E-state index contributed by atoms with van der Waals surface area (Å²) in [5, 5.41) is 0.